The molecule has 16 heavy (non-hydrogen) atoms. The first-order chi connectivity index (χ1) is 7.51. The van der Waals surface area contributed by atoms with Gasteiger partial charge in [-0.15, -0.1) is 0 Å². The Labute approximate surface area is 91.3 Å². The summed E-state index contributed by atoms with van der Waals surface area (Å²) in [5.74, 6) is -3.62. The summed E-state index contributed by atoms with van der Waals surface area (Å²) in [6, 6.07) is 1.94. The minimum absolute atomic E-state index is 0.0354. The minimum atomic E-state index is -1.19. The van der Waals surface area contributed by atoms with Crippen molar-refractivity contribution in [3.63, 3.8) is 0 Å². The zero-order valence-corrected chi connectivity index (χ0v) is 8.61. The molecule has 0 aliphatic rings. The zero-order chi connectivity index (χ0) is 12.3. The molecule has 5 nitrogen and oxygen atoms in total. The van der Waals surface area contributed by atoms with Crippen LogP contribution in [-0.4, -0.2) is 29.8 Å². The lowest BCUT2D eigenvalue weighted by molar-refractivity contribution is -0.138. The summed E-state index contributed by atoms with van der Waals surface area (Å²) in [6.07, 6.45) is 0. The lowest BCUT2D eigenvalue weighted by Crippen LogP contribution is -2.21. The maximum Gasteiger partial charge on any atom is 0.312 e. The Bertz CT molecular complexity index is 408. The molecule has 6 heteroatoms. The van der Waals surface area contributed by atoms with Gasteiger partial charge in [-0.1, -0.05) is 0 Å². The Hall–Kier alpha value is -1.82. The zero-order valence-electron chi connectivity index (χ0n) is 8.61. The third-order valence-corrected chi connectivity index (χ3v) is 2.21. The van der Waals surface area contributed by atoms with E-state index in [9.17, 15) is 14.3 Å². The molecule has 0 bridgehead atoms. The van der Waals surface area contributed by atoms with Crippen LogP contribution in [0.4, 0.5) is 4.39 Å². The third kappa shape index (κ3) is 2.22. The fraction of sp³-hybridized carbons (Fsp3) is 0.300. The predicted molar refractivity (Wildman–Crippen MR) is 54.0 cm³/mol. The number of ether oxygens (including phenoxy) is 1. The molecule has 0 saturated carbocycles. The maximum absolute atomic E-state index is 13.1. The van der Waals surface area contributed by atoms with Gasteiger partial charge in [-0.05, 0) is 6.07 Å². The number of rotatable bonds is 4. The first-order valence-electron chi connectivity index (χ1n) is 4.50. The van der Waals surface area contributed by atoms with E-state index in [1.807, 2.05) is 0 Å². The van der Waals surface area contributed by atoms with Crippen LogP contribution in [0.5, 0.6) is 11.5 Å². The van der Waals surface area contributed by atoms with E-state index in [0.29, 0.717) is 0 Å². The Kier molecular flexibility index (Phi) is 3.68. The summed E-state index contributed by atoms with van der Waals surface area (Å²) in [4.78, 5) is 10.8. The average molecular weight is 229 g/mol. The van der Waals surface area contributed by atoms with Gasteiger partial charge in [0.05, 0.1) is 13.0 Å². The lowest BCUT2D eigenvalue weighted by Gasteiger charge is -2.13. The normalized spacial score (nSPS) is 12.2. The third-order valence-electron chi connectivity index (χ3n) is 2.21. The van der Waals surface area contributed by atoms with Gasteiger partial charge in [-0.2, -0.15) is 0 Å². The highest BCUT2D eigenvalue weighted by Crippen LogP contribution is 2.31. The van der Waals surface area contributed by atoms with Crippen molar-refractivity contribution in [1.29, 1.82) is 0 Å². The number of carbonyl (C=O) groups is 1. The van der Waals surface area contributed by atoms with Gasteiger partial charge >= 0.3 is 5.97 Å². The highest BCUT2D eigenvalue weighted by atomic mass is 19.1. The maximum atomic E-state index is 13.1. The van der Waals surface area contributed by atoms with Crippen molar-refractivity contribution in [2.24, 2.45) is 5.73 Å². The van der Waals surface area contributed by atoms with Crippen LogP contribution in [0.1, 0.15) is 11.5 Å². The fourth-order valence-electron chi connectivity index (χ4n) is 1.35. The molecule has 0 aliphatic carbocycles. The molecule has 1 rings (SSSR count). The standard InChI is InChI=1S/C10H12FNO4/c1-16-9-2-5(6(4-12)10(14)15)8(13)3-7(9)11/h2-3,6,13H,4,12H2,1H3,(H,14,15). The highest BCUT2D eigenvalue weighted by molar-refractivity contribution is 5.77. The highest BCUT2D eigenvalue weighted by Gasteiger charge is 2.23. The number of halogens is 1. The van der Waals surface area contributed by atoms with Crippen molar-refractivity contribution >= 4 is 5.97 Å². The van der Waals surface area contributed by atoms with Crippen LogP contribution in [0, 0.1) is 5.82 Å². The quantitative estimate of drug-likeness (QED) is 0.705. The molecule has 0 fully saturated rings. The van der Waals surface area contributed by atoms with Crippen LogP contribution in [0.25, 0.3) is 0 Å². The number of methoxy groups -OCH3 is 1. The van der Waals surface area contributed by atoms with Crippen LogP contribution in [0.2, 0.25) is 0 Å². The number of aromatic hydroxyl groups is 1. The van der Waals surface area contributed by atoms with Crippen molar-refractivity contribution in [2.45, 2.75) is 5.92 Å². The van der Waals surface area contributed by atoms with E-state index < -0.39 is 23.5 Å². The van der Waals surface area contributed by atoms with Gasteiger partial charge in [0, 0.05) is 18.2 Å². The van der Waals surface area contributed by atoms with E-state index in [0.717, 1.165) is 12.1 Å². The molecule has 0 heterocycles. The molecule has 0 amide bonds. The lowest BCUT2D eigenvalue weighted by atomic mass is 9.98. The minimum Gasteiger partial charge on any atom is -0.508 e. The Morgan fingerprint density at radius 1 is 1.62 bits per heavy atom. The molecule has 0 radical (unpaired) electrons. The van der Waals surface area contributed by atoms with Crippen LogP contribution < -0.4 is 10.5 Å². The number of hydrogen-bond donors (Lipinski definition) is 3. The predicted octanol–water partition coefficient (Wildman–Crippen LogP) is 0.667. The number of nitrogens with two attached hydrogens (primary N) is 1. The second kappa shape index (κ2) is 4.80. The second-order valence-corrected chi connectivity index (χ2v) is 3.17. The van der Waals surface area contributed by atoms with Crippen LogP contribution >= 0.6 is 0 Å². The topological polar surface area (TPSA) is 92.8 Å². The molecule has 1 atom stereocenters. The van der Waals surface area contributed by atoms with Crippen molar-refractivity contribution in [3.8, 4) is 11.5 Å². The Morgan fingerprint density at radius 3 is 2.69 bits per heavy atom. The number of phenols is 1. The van der Waals surface area contributed by atoms with E-state index in [4.69, 9.17) is 15.6 Å². The second-order valence-electron chi connectivity index (χ2n) is 3.17. The summed E-state index contributed by atoms with van der Waals surface area (Å²) in [5, 5.41) is 18.3. The summed E-state index contributed by atoms with van der Waals surface area (Å²) >= 11 is 0. The van der Waals surface area contributed by atoms with Gasteiger partial charge in [0.25, 0.3) is 0 Å². The van der Waals surface area contributed by atoms with Crippen LogP contribution in [0.15, 0.2) is 12.1 Å². The SMILES string of the molecule is COc1cc(C(CN)C(=O)O)c(O)cc1F. The number of carboxylic acids is 1. The van der Waals surface area contributed by atoms with E-state index in [1.54, 1.807) is 0 Å². The molecule has 1 aromatic carbocycles. The molecule has 0 spiro atoms. The first-order valence-corrected chi connectivity index (χ1v) is 4.50. The van der Waals surface area contributed by atoms with Gasteiger partial charge in [0.15, 0.2) is 11.6 Å². The Morgan fingerprint density at radius 2 is 2.25 bits per heavy atom. The first kappa shape index (κ1) is 12.3. The molecular formula is C10H12FNO4. The van der Waals surface area contributed by atoms with Gasteiger partial charge in [-0.3, -0.25) is 4.79 Å². The summed E-state index contributed by atoms with van der Waals surface area (Å²) in [7, 11) is 1.25. The summed E-state index contributed by atoms with van der Waals surface area (Å²) in [6.45, 7) is -0.197. The van der Waals surface area contributed by atoms with E-state index >= 15 is 0 Å². The number of aliphatic carboxylic acids is 1. The molecule has 0 saturated heterocycles. The largest absolute Gasteiger partial charge is 0.508 e. The van der Waals surface area contributed by atoms with Gasteiger partial charge in [-0.25, -0.2) is 4.39 Å². The van der Waals surface area contributed by atoms with E-state index in [2.05, 4.69) is 0 Å². The monoisotopic (exact) mass is 229 g/mol. The van der Waals surface area contributed by atoms with Gasteiger partial charge in [0.2, 0.25) is 0 Å². The van der Waals surface area contributed by atoms with Crippen molar-refractivity contribution in [2.75, 3.05) is 13.7 Å². The van der Waals surface area contributed by atoms with Crippen molar-refractivity contribution < 1.29 is 24.1 Å². The molecule has 1 unspecified atom stereocenters. The molecular weight excluding hydrogens is 217 g/mol. The van der Waals surface area contributed by atoms with Crippen molar-refractivity contribution in [1.82, 2.24) is 0 Å². The number of benzene rings is 1. The van der Waals surface area contributed by atoms with E-state index in [1.165, 1.54) is 7.11 Å². The smallest absolute Gasteiger partial charge is 0.312 e. The molecule has 88 valence electrons. The molecule has 0 aromatic heterocycles. The van der Waals surface area contributed by atoms with Crippen LogP contribution in [0.3, 0.4) is 0 Å². The fourth-order valence-corrected chi connectivity index (χ4v) is 1.35. The number of carboxylic acid groups (broad SMARTS) is 1. The summed E-state index contributed by atoms with van der Waals surface area (Å²) < 4.78 is 17.8. The van der Waals surface area contributed by atoms with E-state index in [-0.39, 0.29) is 17.9 Å². The van der Waals surface area contributed by atoms with Crippen LogP contribution in [-0.2, 0) is 4.79 Å². The summed E-state index contributed by atoms with van der Waals surface area (Å²) in [5.41, 5.74) is 5.31. The molecule has 1 aromatic rings. The van der Waals surface area contributed by atoms with Gasteiger partial charge < -0.3 is 20.7 Å². The average Bonchev–Trinajstić information content (AvgIpc) is 2.21. The molecule has 0 aliphatic heterocycles. The number of phenolic OH excluding ortho intramolecular Hbond substituents is 1. The van der Waals surface area contributed by atoms with Gasteiger partial charge in [0.1, 0.15) is 5.75 Å². The Balaban J connectivity index is 3.26. The molecule has 4 N–H and O–H groups in total. The van der Waals surface area contributed by atoms with Crippen molar-refractivity contribution in [3.05, 3.63) is 23.5 Å². The number of hydrogen-bond acceptors (Lipinski definition) is 4.